The van der Waals surface area contributed by atoms with Crippen LogP contribution >= 0.6 is 11.3 Å². The zero-order valence-electron chi connectivity index (χ0n) is 16.5. The molecule has 6 nitrogen and oxygen atoms in total. The van der Waals surface area contributed by atoms with Crippen molar-refractivity contribution in [3.05, 3.63) is 21.4 Å². The standard InChI is InChI=1S/C21H26N2O4S/c1-21(2,3)10-4-5-11-12(9-28-15(11)8-10)18(24)22-23-19(25)16-13-6-7-14(27-13)17(16)20(23)26/h9-10,13-14,16-17H,4-8H2,1-3H3,(H,22,24). The smallest absolute Gasteiger partial charge is 0.271 e. The van der Waals surface area contributed by atoms with Crippen LogP contribution in [0.25, 0.3) is 0 Å². The number of hydrogen-bond acceptors (Lipinski definition) is 5. The fourth-order valence-electron chi connectivity index (χ4n) is 5.43. The van der Waals surface area contributed by atoms with Crippen LogP contribution in [-0.4, -0.2) is 34.9 Å². The van der Waals surface area contributed by atoms with Gasteiger partial charge < -0.3 is 4.74 Å². The molecule has 3 saturated heterocycles. The molecule has 150 valence electrons. The second kappa shape index (κ2) is 6.13. The first kappa shape index (κ1) is 18.3. The molecule has 7 heteroatoms. The van der Waals surface area contributed by atoms with Crippen LogP contribution in [0.2, 0.25) is 0 Å². The summed E-state index contributed by atoms with van der Waals surface area (Å²) in [6.45, 7) is 6.80. The van der Waals surface area contributed by atoms with Gasteiger partial charge in [0.05, 0.1) is 29.6 Å². The Morgan fingerprint density at radius 1 is 1.14 bits per heavy atom. The molecule has 1 aliphatic carbocycles. The van der Waals surface area contributed by atoms with Crippen molar-refractivity contribution >= 4 is 29.1 Å². The zero-order chi connectivity index (χ0) is 19.8. The van der Waals surface area contributed by atoms with E-state index in [1.54, 1.807) is 11.3 Å². The summed E-state index contributed by atoms with van der Waals surface area (Å²) in [6.07, 6.45) is 4.21. The molecule has 0 saturated carbocycles. The maximum atomic E-state index is 12.9. The van der Waals surface area contributed by atoms with Gasteiger partial charge in [0, 0.05) is 10.3 Å². The van der Waals surface area contributed by atoms with Gasteiger partial charge in [-0.1, -0.05) is 20.8 Å². The second-order valence-electron chi connectivity index (χ2n) is 9.65. The van der Waals surface area contributed by atoms with E-state index in [2.05, 4.69) is 26.2 Å². The topological polar surface area (TPSA) is 75.7 Å². The van der Waals surface area contributed by atoms with E-state index in [1.165, 1.54) is 4.88 Å². The van der Waals surface area contributed by atoms with Crippen LogP contribution in [0.1, 0.15) is 60.8 Å². The van der Waals surface area contributed by atoms with Crippen LogP contribution in [-0.2, 0) is 27.2 Å². The van der Waals surface area contributed by atoms with Crippen molar-refractivity contribution in [1.29, 1.82) is 0 Å². The van der Waals surface area contributed by atoms with Crippen molar-refractivity contribution in [2.24, 2.45) is 23.2 Å². The number of fused-ring (bicyclic) bond motifs is 6. The first-order valence-electron chi connectivity index (χ1n) is 10.2. The molecule has 3 amide bonds. The Kier molecular flexibility index (Phi) is 4.01. The number of imide groups is 1. The molecule has 3 fully saturated rings. The lowest BCUT2D eigenvalue weighted by molar-refractivity contribution is -0.145. The summed E-state index contributed by atoms with van der Waals surface area (Å²) in [5.74, 6) is -1.21. The Hall–Kier alpha value is -1.73. The fraction of sp³-hybridized carbons (Fsp3) is 0.667. The van der Waals surface area contributed by atoms with E-state index in [0.717, 1.165) is 42.7 Å². The molecule has 1 aromatic heterocycles. The molecule has 1 aromatic rings. The van der Waals surface area contributed by atoms with E-state index in [0.29, 0.717) is 11.5 Å². The number of carbonyl (C=O) groups is 3. The Bertz CT molecular complexity index is 842. The van der Waals surface area contributed by atoms with Crippen LogP contribution in [0.15, 0.2) is 5.38 Å². The van der Waals surface area contributed by atoms with Crippen molar-refractivity contribution in [1.82, 2.24) is 10.4 Å². The highest BCUT2D eigenvalue weighted by Crippen LogP contribution is 2.48. The number of hydrogen-bond donors (Lipinski definition) is 1. The summed E-state index contributed by atoms with van der Waals surface area (Å²) in [4.78, 5) is 39.7. The summed E-state index contributed by atoms with van der Waals surface area (Å²) in [5.41, 5.74) is 4.57. The van der Waals surface area contributed by atoms with Crippen molar-refractivity contribution in [2.45, 2.75) is 65.1 Å². The third kappa shape index (κ3) is 2.59. The highest BCUT2D eigenvalue weighted by molar-refractivity contribution is 7.10. The van der Waals surface area contributed by atoms with Gasteiger partial charge in [-0.3, -0.25) is 19.8 Å². The lowest BCUT2D eigenvalue weighted by Gasteiger charge is -2.34. The van der Waals surface area contributed by atoms with Gasteiger partial charge >= 0.3 is 0 Å². The highest BCUT2D eigenvalue weighted by Gasteiger charge is 2.63. The van der Waals surface area contributed by atoms with E-state index in [-0.39, 0.29) is 35.3 Å². The van der Waals surface area contributed by atoms with Gasteiger partial charge in [-0.25, -0.2) is 0 Å². The Labute approximate surface area is 168 Å². The maximum absolute atomic E-state index is 12.9. The highest BCUT2D eigenvalue weighted by atomic mass is 32.1. The minimum Gasteiger partial charge on any atom is -0.373 e. The molecule has 2 bridgehead atoms. The molecule has 5 rings (SSSR count). The first-order chi connectivity index (χ1) is 13.3. The Morgan fingerprint density at radius 3 is 2.39 bits per heavy atom. The van der Waals surface area contributed by atoms with Gasteiger partial charge in [-0.15, -0.1) is 11.3 Å². The summed E-state index contributed by atoms with van der Waals surface area (Å²) in [6, 6.07) is 0. The molecule has 0 aromatic carbocycles. The van der Waals surface area contributed by atoms with Crippen molar-refractivity contribution in [2.75, 3.05) is 0 Å². The Balaban J connectivity index is 1.33. The van der Waals surface area contributed by atoms with Gasteiger partial charge in [-0.2, -0.15) is 5.01 Å². The number of hydrazine groups is 1. The minimum atomic E-state index is -0.421. The second-order valence-corrected chi connectivity index (χ2v) is 10.6. The van der Waals surface area contributed by atoms with Crippen LogP contribution in [0.3, 0.4) is 0 Å². The van der Waals surface area contributed by atoms with Crippen LogP contribution < -0.4 is 5.43 Å². The van der Waals surface area contributed by atoms with E-state index in [4.69, 9.17) is 4.74 Å². The lowest BCUT2D eigenvalue weighted by atomic mass is 9.72. The number of rotatable bonds is 2. The largest absolute Gasteiger partial charge is 0.373 e. The summed E-state index contributed by atoms with van der Waals surface area (Å²) in [7, 11) is 0. The van der Waals surface area contributed by atoms with E-state index in [9.17, 15) is 14.4 Å². The van der Waals surface area contributed by atoms with Gasteiger partial charge in [0.2, 0.25) is 0 Å². The lowest BCUT2D eigenvalue weighted by Crippen LogP contribution is -2.48. The molecule has 1 N–H and O–H groups in total. The molecular weight excluding hydrogens is 376 g/mol. The van der Waals surface area contributed by atoms with Crippen LogP contribution in [0.4, 0.5) is 0 Å². The van der Waals surface area contributed by atoms with Crippen LogP contribution in [0, 0.1) is 23.2 Å². The maximum Gasteiger partial charge on any atom is 0.271 e. The number of ether oxygens (including phenoxy) is 1. The molecule has 3 aliphatic heterocycles. The molecule has 0 radical (unpaired) electrons. The normalized spacial score (nSPS) is 34.0. The van der Waals surface area contributed by atoms with Crippen molar-refractivity contribution in [3.63, 3.8) is 0 Å². The number of carbonyl (C=O) groups excluding carboxylic acids is 3. The monoisotopic (exact) mass is 402 g/mol. The molecule has 4 heterocycles. The predicted molar refractivity (Wildman–Crippen MR) is 103 cm³/mol. The van der Waals surface area contributed by atoms with E-state index >= 15 is 0 Å². The average Bonchev–Trinajstić information content (AvgIpc) is 3.39. The molecule has 5 unspecified atom stereocenters. The van der Waals surface area contributed by atoms with E-state index in [1.807, 2.05) is 5.38 Å². The minimum absolute atomic E-state index is 0.170. The van der Waals surface area contributed by atoms with Crippen LogP contribution in [0.5, 0.6) is 0 Å². The third-order valence-electron chi connectivity index (χ3n) is 7.12. The van der Waals surface area contributed by atoms with Gasteiger partial charge in [0.25, 0.3) is 17.7 Å². The number of thiophene rings is 1. The molecule has 28 heavy (non-hydrogen) atoms. The Morgan fingerprint density at radius 2 is 1.79 bits per heavy atom. The molecule has 5 atom stereocenters. The quantitative estimate of drug-likeness (QED) is 0.772. The number of nitrogens with zero attached hydrogens (tertiary/aromatic N) is 1. The van der Waals surface area contributed by atoms with Crippen molar-refractivity contribution in [3.8, 4) is 0 Å². The molecule has 4 aliphatic rings. The van der Waals surface area contributed by atoms with E-state index < -0.39 is 11.8 Å². The SMILES string of the molecule is CC(C)(C)C1CCc2c(C(=O)NN3C(=O)C4C5CCC(O5)C4C3=O)csc2C1. The molecule has 0 spiro atoms. The van der Waals surface area contributed by atoms with Gasteiger partial charge in [0.15, 0.2) is 0 Å². The predicted octanol–water partition coefficient (Wildman–Crippen LogP) is 2.71. The molecular formula is C21H26N2O4S. The first-order valence-corrected chi connectivity index (χ1v) is 11.1. The summed E-state index contributed by atoms with van der Waals surface area (Å²) < 4.78 is 5.74. The summed E-state index contributed by atoms with van der Waals surface area (Å²) in [5, 5.41) is 2.85. The van der Waals surface area contributed by atoms with Gasteiger partial charge in [0.1, 0.15) is 0 Å². The summed E-state index contributed by atoms with van der Waals surface area (Å²) >= 11 is 1.62. The third-order valence-corrected chi connectivity index (χ3v) is 8.17. The number of amides is 3. The average molecular weight is 403 g/mol. The van der Waals surface area contributed by atoms with Crippen molar-refractivity contribution < 1.29 is 19.1 Å². The fourth-order valence-corrected chi connectivity index (χ4v) is 6.59. The zero-order valence-corrected chi connectivity index (χ0v) is 17.3. The van der Waals surface area contributed by atoms with Gasteiger partial charge in [-0.05, 0) is 49.0 Å². The number of nitrogens with one attached hydrogen (secondary N) is 1.